The summed E-state index contributed by atoms with van der Waals surface area (Å²) in [6.07, 6.45) is 0.344. The van der Waals surface area contributed by atoms with Crippen LogP contribution >= 0.6 is 0 Å². The second kappa shape index (κ2) is 9.35. The van der Waals surface area contributed by atoms with Gasteiger partial charge in [0.05, 0.1) is 18.9 Å². The van der Waals surface area contributed by atoms with Gasteiger partial charge in [-0.15, -0.1) is 0 Å². The molecular weight excluding hydrogens is 447 g/mol. The average Bonchev–Trinajstić information content (AvgIpc) is 3.01. The van der Waals surface area contributed by atoms with Gasteiger partial charge in [-0.25, -0.2) is 4.39 Å². The van der Waals surface area contributed by atoms with Crippen molar-refractivity contribution in [2.75, 3.05) is 13.2 Å². The molecule has 0 amide bonds. The zero-order valence-electron chi connectivity index (χ0n) is 20.6. The number of hydrogen-bond acceptors (Lipinski definition) is 5. The summed E-state index contributed by atoms with van der Waals surface area (Å²) in [5.74, 6) is 0.0499. The fourth-order valence-electron chi connectivity index (χ4n) is 2.98. The lowest BCUT2D eigenvalue weighted by Crippen LogP contribution is -2.49. The number of rotatable bonds is 7. The summed E-state index contributed by atoms with van der Waals surface area (Å²) >= 11 is -1.50. The van der Waals surface area contributed by atoms with Gasteiger partial charge in [0.15, 0.2) is 8.32 Å². The molecule has 7 nitrogen and oxygen atoms in total. The Labute approximate surface area is 194 Å². The molecule has 0 spiro atoms. The Bertz CT molecular complexity index is 936. The van der Waals surface area contributed by atoms with Gasteiger partial charge in [0.1, 0.15) is 33.3 Å². The maximum Gasteiger partial charge on any atom is 0.192 e. The molecule has 0 N–H and O–H groups in total. The molecule has 2 rings (SSSR count). The van der Waals surface area contributed by atoms with E-state index in [-0.39, 0.29) is 18.2 Å². The van der Waals surface area contributed by atoms with Crippen LogP contribution in [0.25, 0.3) is 10.4 Å². The molecule has 0 aliphatic carbocycles. The molecule has 0 fully saturated rings. The van der Waals surface area contributed by atoms with Gasteiger partial charge in [0.2, 0.25) is 0 Å². The van der Waals surface area contributed by atoms with Crippen LogP contribution in [-0.2, 0) is 22.2 Å². The molecule has 1 aromatic carbocycles. The van der Waals surface area contributed by atoms with Crippen LogP contribution in [0.4, 0.5) is 4.39 Å². The molecule has 32 heavy (non-hydrogen) atoms. The first kappa shape index (κ1) is 26.7. The number of hydrogen-bond donors (Lipinski definition) is 0. The molecule has 2 atom stereocenters. The van der Waals surface area contributed by atoms with Crippen molar-refractivity contribution >= 4 is 25.4 Å². The molecule has 0 saturated heterocycles. The van der Waals surface area contributed by atoms with Crippen LogP contribution in [0.3, 0.4) is 0 Å². The van der Waals surface area contributed by atoms with Crippen molar-refractivity contribution in [2.45, 2.75) is 83.4 Å². The molecular formula is C22H35FN4O3SSi. The van der Waals surface area contributed by atoms with Crippen LogP contribution in [0.15, 0.2) is 21.6 Å². The molecule has 178 valence electrons. The number of benzene rings is 1. The highest BCUT2D eigenvalue weighted by molar-refractivity contribution is 7.91. The minimum absolute atomic E-state index is 0.00429. The topological polar surface area (TPSA) is 103 Å². The molecule has 0 bridgehead atoms. The predicted molar refractivity (Wildman–Crippen MR) is 131 cm³/mol. The molecule has 1 aliphatic rings. The second-order valence-corrected chi connectivity index (χ2v) is 17.6. The highest BCUT2D eigenvalue weighted by atomic mass is 32.2. The first-order valence-electron chi connectivity index (χ1n) is 10.7. The smallest absolute Gasteiger partial charge is 0.192 e. The summed E-state index contributed by atoms with van der Waals surface area (Å²) in [5.41, 5.74) is 9.54. The fourth-order valence-corrected chi connectivity index (χ4v) is 4.66. The Morgan fingerprint density at radius 3 is 2.47 bits per heavy atom. The van der Waals surface area contributed by atoms with E-state index in [4.69, 9.17) is 14.7 Å². The number of azide groups is 1. The Balaban J connectivity index is 2.45. The highest BCUT2D eigenvalue weighted by Crippen LogP contribution is 2.42. The Morgan fingerprint density at radius 1 is 1.31 bits per heavy atom. The van der Waals surface area contributed by atoms with Gasteiger partial charge in [-0.2, -0.15) is 0 Å². The molecule has 10 heteroatoms. The Hall–Kier alpha value is -1.58. The maximum absolute atomic E-state index is 14.5. The quantitative estimate of drug-likeness (QED) is 0.117. The van der Waals surface area contributed by atoms with E-state index in [1.165, 1.54) is 12.1 Å². The summed E-state index contributed by atoms with van der Waals surface area (Å²) < 4.78 is 43.6. The van der Waals surface area contributed by atoms with E-state index in [0.717, 1.165) is 0 Å². The van der Waals surface area contributed by atoms with Gasteiger partial charge in [-0.3, -0.25) is 0 Å². The summed E-state index contributed by atoms with van der Waals surface area (Å²) in [6.45, 7) is 18.2. The van der Waals surface area contributed by atoms with E-state index >= 15 is 0 Å². The summed E-state index contributed by atoms with van der Waals surface area (Å²) in [4.78, 5) is 2.90. The average molecular weight is 483 g/mol. The summed E-state index contributed by atoms with van der Waals surface area (Å²) in [6, 6.07) is 2.77. The number of halogens is 1. The number of fused-ring (bicyclic) bond motifs is 1. The molecule has 0 radical (unpaired) electrons. The molecule has 1 aliphatic heterocycles. The minimum atomic E-state index is -2.10. The molecule has 1 heterocycles. The lowest BCUT2D eigenvalue weighted by atomic mass is 9.97. The monoisotopic (exact) mass is 482 g/mol. The van der Waals surface area contributed by atoms with E-state index in [1.54, 1.807) is 6.92 Å². The Kier molecular flexibility index (Phi) is 7.79. The van der Waals surface area contributed by atoms with Crippen LogP contribution in [0.1, 0.15) is 59.6 Å². The standard InChI is InChI=1S/C22H35FN4O3SSi/c1-15(26-31(28)20(2,3)4)18-11-17(23)10-16-12-22(13-25-27-24,30-19(16)18)14-29-32(8,9)21(5,6)7/h10-11H,12-14H2,1-9H3/t22-,31?/m1/s1. The lowest BCUT2D eigenvalue weighted by Gasteiger charge is -2.39. The van der Waals surface area contributed by atoms with Gasteiger partial charge < -0.3 is 13.7 Å². The van der Waals surface area contributed by atoms with Crippen molar-refractivity contribution in [3.05, 3.63) is 39.5 Å². The van der Waals surface area contributed by atoms with Gasteiger partial charge >= 0.3 is 0 Å². The first-order chi connectivity index (χ1) is 14.5. The minimum Gasteiger partial charge on any atom is -0.591 e. The van der Waals surface area contributed by atoms with Gasteiger partial charge in [-0.1, -0.05) is 30.3 Å². The zero-order chi connectivity index (χ0) is 24.5. The van der Waals surface area contributed by atoms with E-state index in [9.17, 15) is 8.94 Å². The second-order valence-electron chi connectivity index (χ2n) is 10.9. The largest absolute Gasteiger partial charge is 0.591 e. The van der Waals surface area contributed by atoms with Crippen LogP contribution in [0.5, 0.6) is 5.75 Å². The van der Waals surface area contributed by atoms with Crippen molar-refractivity contribution in [2.24, 2.45) is 9.51 Å². The Morgan fingerprint density at radius 2 is 1.94 bits per heavy atom. The molecule has 0 saturated carbocycles. The van der Waals surface area contributed by atoms with Crippen molar-refractivity contribution < 1.29 is 18.1 Å². The molecule has 1 aromatic rings. The third-order valence-electron chi connectivity index (χ3n) is 6.02. The van der Waals surface area contributed by atoms with Crippen molar-refractivity contribution in [3.63, 3.8) is 0 Å². The number of nitrogens with zero attached hydrogens (tertiary/aromatic N) is 4. The van der Waals surface area contributed by atoms with E-state index in [0.29, 0.717) is 29.0 Å². The van der Waals surface area contributed by atoms with Gasteiger partial charge in [-0.05, 0) is 63.5 Å². The van der Waals surface area contributed by atoms with Crippen molar-refractivity contribution in [1.82, 2.24) is 0 Å². The maximum atomic E-state index is 14.5. The van der Waals surface area contributed by atoms with Crippen LogP contribution < -0.4 is 4.74 Å². The number of ether oxygens (including phenoxy) is 1. The van der Waals surface area contributed by atoms with E-state index in [2.05, 4.69) is 48.3 Å². The molecule has 0 aromatic heterocycles. The third kappa shape index (κ3) is 6.05. The van der Waals surface area contributed by atoms with E-state index < -0.39 is 35.8 Å². The van der Waals surface area contributed by atoms with Gasteiger partial charge in [0.25, 0.3) is 0 Å². The summed E-state index contributed by atoms with van der Waals surface area (Å²) in [7, 11) is -2.10. The third-order valence-corrected chi connectivity index (χ3v) is 12.0. The van der Waals surface area contributed by atoms with Gasteiger partial charge in [0, 0.05) is 22.5 Å². The predicted octanol–water partition coefficient (Wildman–Crippen LogP) is 6.10. The van der Waals surface area contributed by atoms with Crippen LogP contribution in [0.2, 0.25) is 18.1 Å². The first-order valence-corrected chi connectivity index (χ1v) is 14.7. The van der Waals surface area contributed by atoms with E-state index in [1.807, 2.05) is 20.8 Å². The SMILES string of the molecule is CC(=N[S+]([O-])C(C)(C)C)c1cc(F)cc2c1O[C@](CN=[N+]=[N-])(CO[Si](C)(C)C(C)(C)C)C2. The zero-order valence-corrected chi connectivity index (χ0v) is 22.4. The lowest BCUT2D eigenvalue weighted by molar-refractivity contribution is 0.0408. The normalized spacial score (nSPS) is 20.4. The highest BCUT2D eigenvalue weighted by Gasteiger charge is 2.45. The van der Waals surface area contributed by atoms with Crippen LogP contribution in [0, 0.1) is 5.82 Å². The molecule has 1 unspecified atom stereocenters. The van der Waals surface area contributed by atoms with Crippen molar-refractivity contribution in [3.8, 4) is 5.75 Å². The van der Waals surface area contributed by atoms with Crippen LogP contribution in [-0.4, -0.2) is 42.1 Å². The summed E-state index contributed by atoms with van der Waals surface area (Å²) in [5, 5.41) is 3.76. The van der Waals surface area contributed by atoms with Crippen molar-refractivity contribution in [1.29, 1.82) is 0 Å². The fraction of sp³-hybridized carbons (Fsp3) is 0.682.